The largest absolute Gasteiger partial charge is 0.396 e. The fraction of sp³-hybridized carbons (Fsp3) is 0.867. The van der Waals surface area contributed by atoms with E-state index in [9.17, 15) is 10.2 Å². The molecule has 3 heteroatoms. The van der Waals surface area contributed by atoms with E-state index in [0.717, 1.165) is 25.7 Å². The van der Waals surface area contributed by atoms with Crippen molar-refractivity contribution in [3.05, 3.63) is 11.6 Å². The van der Waals surface area contributed by atoms with Gasteiger partial charge in [-0.25, -0.2) is 0 Å². The smallest absolute Gasteiger partial charge is 0.113 e. The van der Waals surface area contributed by atoms with Gasteiger partial charge in [0.2, 0.25) is 0 Å². The molecule has 0 aromatic heterocycles. The lowest BCUT2D eigenvalue weighted by molar-refractivity contribution is 0.0299. The molecule has 1 saturated heterocycles. The summed E-state index contributed by atoms with van der Waals surface area (Å²) in [4.78, 5) is 0. The lowest BCUT2D eigenvalue weighted by Crippen LogP contribution is -2.35. The first kappa shape index (κ1) is 14.0. The van der Waals surface area contributed by atoms with E-state index in [4.69, 9.17) is 4.74 Å². The molecule has 0 aromatic rings. The fourth-order valence-electron chi connectivity index (χ4n) is 3.14. The molecular formula is C15H26O3. The fourth-order valence-corrected chi connectivity index (χ4v) is 3.14. The summed E-state index contributed by atoms with van der Waals surface area (Å²) in [6.07, 6.45) is 5.77. The van der Waals surface area contributed by atoms with E-state index in [1.54, 1.807) is 0 Å². The van der Waals surface area contributed by atoms with Crippen LogP contribution >= 0.6 is 0 Å². The maximum atomic E-state index is 10.5. The molecule has 5 atom stereocenters. The molecule has 0 radical (unpaired) electrons. The molecule has 18 heavy (non-hydrogen) atoms. The van der Waals surface area contributed by atoms with E-state index in [2.05, 4.69) is 19.9 Å². The van der Waals surface area contributed by atoms with Crippen LogP contribution in [0.5, 0.6) is 0 Å². The van der Waals surface area contributed by atoms with Crippen LogP contribution in [-0.2, 0) is 4.74 Å². The third-order valence-corrected chi connectivity index (χ3v) is 4.71. The van der Waals surface area contributed by atoms with Crippen molar-refractivity contribution in [1.29, 1.82) is 0 Å². The number of epoxide rings is 1. The summed E-state index contributed by atoms with van der Waals surface area (Å²) in [6.45, 7) is 6.39. The molecule has 0 saturated carbocycles. The standard InChI is InChI=1S/C15H26O3/c1-10-5-4-8-15(3)14(18-15)13(17)12(7-6-10)11(2)9-16/h5,11-14,16-17H,4,6-9H2,1-3H3/b10-5+/t11-,12+,13-,14+,15+/m1/s1. The van der Waals surface area contributed by atoms with E-state index in [1.165, 1.54) is 5.57 Å². The average Bonchev–Trinajstić information content (AvgIpc) is 3.00. The zero-order valence-electron chi connectivity index (χ0n) is 11.7. The van der Waals surface area contributed by atoms with Crippen molar-refractivity contribution in [3.63, 3.8) is 0 Å². The third kappa shape index (κ3) is 2.79. The van der Waals surface area contributed by atoms with E-state index in [0.29, 0.717) is 0 Å². The number of aliphatic hydroxyl groups excluding tert-OH is 2. The molecular weight excluding hydrogens is 228 g/mol. The quantitative estimate of drug-likeness (QED) is 0.587. The van der Waals surface area contributed by atoms with Gasteiger partial charge in [-0.15, -0.1) is 0 Å². The molecule has 104 valence electrons. The highest BCUT2D eigenvalue weighted by molar-refractivity contribution is 5.09. The Hall–Kier alpha value is -0.380. The summed E-state index contributed by atoms with van der Waals surface area (Å²) in [5, 5.41) is 19.9. The highest BCUT2D eigenvalue weighted by Crippen LogP contribution is 2.46. The molecule has 0 bridgehead atoms. The first-order valence-electron chi connectivity index (χ1n) is 7.10. The minimum atomic E-state index is -0.442. The second-order valence-corrected chi connectivity index (χ2v) is 6.29. The van der Waals surface area contributed by atoms with Gasteiger partial charge >= 0.3 is 0 Å². The van der Waals surface area contributed by atoms with Gasteiger partial charge in [0.1, 0.15) is 6.10 Å². The average molecular weight is 254 g/mol. The van der Waals surface area contributed by atoms with Crippen molar-refractivity contribution in [2.45, 2.75) is 64.3 Å². The van der Waals surface area contributed by atoms with Crippen LogP contribution in [0.1, 0.15) is 46.5 Å². The number of rotatable bonds is 2. The normalized spacial score (nSPS) is 45.6. The highest BCUT2D eigenvalue weighted by atomic mass is 16.6. The van der Waals surface area contributed by atoms with Crippen LogP contribution in [0.15, 0.2) is 11.6 Å². The SMILES string of the molecule is C/C1=C\CC[C@]2(C)O[C@H]2[C@H](O)[C@H]([C@H](C)CO)CC1. The Morgan fingerprint density at radius 1 is 1.56 bits per heavy atom. The second-order valence-electron chi connectivity index (χ2n) is 6.29. The van der Waals surface area contributed by atoms with Gasteiger partial charge in [0.05, 0.1) is 11.7 Å². The van der Waals surface area contributed by atoms with Crippen molar-refractivity contribution >= 4 is 0 Å². The van der Waals surface area contributed by atoms with Gasteiger partial charge < -0.3 is 14.9 Å². The van der Waals surface area contributed by atoms with Crippen LogP contribution in [0, 0.1) is 11.8 Å². The Bertz CT molecular complexity index is 326. The number of ether oxygens (including phenoxy) is 1. The third-order valence-electron chi connectivity index (χ3n) is 4.71. The predicted octanol–water partition coefficient (Wildman–Crippen LogP) is 2.27. The number of fused-ring (bicyclic) bond motifs is 1. The van der Waals surface area contributed by atoms with Gasteiger partial charge in [0.25, 0.3) is 0 Å². The summed E-state index contributed by atoms with van der Waals surface area (Å²) in [6, 6.07) is 0. The predicted molar refractivity (Wildman–Crippen MR) is 71.2 cm³/mol. The van der Waals surface area contributed by atoms with Crippen LogP contribution in [-0.4, -0.2) is 34.6 Å². The maximum Gasteiger partial charge on any atom is 0.113 e. The molecule has 1 aliphatic heterocycles. The minimum Gasteiger partial charge on any atom is -0.396 e. The minimum absolute atomic E-state index is 0.0386. The molecule has 0 spiro atoms. The van der Waals surface area contributed by atoms with E-state index < -0.39 is 6.10 Å². The summed E-state index contributed by atoms with van der Waals surface area (Å²) in [5.41, 5.74) is 1.24. The molecule has 3 nitrogen and oxygen atoms in total. The van der Waals surface area contributed by atoms with Crippen molar-refractivity contribution in [2.75, 3.05) is 6.61 Å². The van der Waals surface area contributed by atoms with Crippen LogP contribution in [0.25, 0.3) is 0 Å². The van der Waals surface area contributed by atoms with Crippen LogP contribution in [0.4, 0.5) is 0 Å². The Kier molecular flexibility index (Phi) is 4.15. The maximum absolute atomic E-state index is 10.5. The Labute approximate surface area is 110 Å². The van der Waals surface area contributed by atoms with Crippen LogP contribution in [0.2, 0.25) is 0 Å². The molecule has 1 fully saturated rings. The number of hydrogen-bond acceptors (Lipinski definition) is 3. The number of allylic oxidation sites excluding steroid dienone is 2. The lowest BCUT2D eigenvalue weighted by Gasteiger charge is -2.28. The molecule has 1 aliphatic carbocycles. The molecule has 2 rings (SSSR count). The van der Waals surface area contributed by atoms with Gasteiger partial charge in [-0.3, -0.25) is 0 Å². The molecule has 0 unspecified atom stereocenters. The van der Waals surface area contributed by atoms with Crippen LogP contribution in [0.3, 0.4) is 0 Å². The topological polar surface area (TPSA) is 53.0 Å². The van der Waals surface area contributed by atoms with Gasteiger partial charge in [-0.1, -0.05) is 18.6 Å². The summed E-state index contributed by atoms with van der Waals surface area (Å²) >= 11 is 0. The van der Waals surface area contributed by atoms with Gasteiger partial charge in [0, 0.05) is 6.61 Å². The Morgan fingerprint density at radius 3 is 2.94 bits per heavy atom. The first-order valence-corrected chi connectivity index (χ1v) is 7.10. The molecule has 0 aromatic carbocycles. The lowest BCUT2D eigenvalue weighted by atomic mass is 9.80. The summed E-state index contributed by atoms with van der Waals surface area (Å²) < 4.78 is 5.75. The number of aliphatic hydroxyl groups is 2. The number of hydrogen-bond donors (Lipinski definition) is 2. The van der Waals surface area contributed by atoms with Crippen molar-refractivity contribution < 1.29 is 14.9 Å². The van der Waals surface area contributed by atoms with Crippen molar-refractivity contribution in [1.82, 2.24) is 0 Å². The van der Waals surface area contributed by atoms with E-state index >= 15 is 0 Å². The zero-order valence-corrected chi connectivity index (χ0v) is 11.7. The molecule has 0 amide bonds. The molecule has 1 heterocycles. The van der Waals surface area contributed by atoms with Crippen molar-refractivity contribution in [3.8, 4) is 0 Å². The monoisotopic (exact) mass is 254 g/mol. The second kappa shape index (κ2) is 5.32. The summed E-state index contributed by atoms with van der Waals surface area (Å²) in [5.74, 6) is 0.254. The summed E-state index contributed by atoms with van der Waals surface area (Å²) in [7, 11) is 0. The zero-order chi connectivity index (χ0) is 13.3. The van der Waals surface area contributed by atoms with Gasteiger partial charge in [-0.05, 0) is 51.4 Å². The van der Waals surface area contributed by atoms with E-state index in [-0.39, 0.29) is 30.1 Å². The Balaban J connectivity index is 2.14. The van der Waals surface area contributed by atoms with Gasteiger partial charge in [0.15, 0.2) is 0 Å². The van der Waals surface area contributed by atoms with Crippen molar-refractivity contribution in [2.24, 2.45) is 11.8 Å². The van der Waals surface area contributed by atoms with Gasteiger partial charge in [-0.2, -0.15) is 0 Å². The van der Waals surface area contributed by atoms with Crippen LogP contribution < -0.4 is 0 Å². The Morgan fingerprint density at radius 2 is 2.28 bits per heavy atom. The molecule has 2 aliphatic rings. The highest BCUT2D eigenvalue weighted by Gasteiger charge is 2.57. The first-order chi connectivity index (χ1) is 8.48. The van der Waals surface area contributed by atoms with E-state index in [1.807, 2.05) is 6.92 Å². The molecule has 2 N–H and O–H groups in total.